The fourth-order valence-electron chi connectivity index (χ4n) is 1.94. The Morgan fingerprint density at radius 1 is 1.05 bits per heavy atom. The van der Waals surface area contributed by atoms with E-state index in [4.69, 9.17) is 18.6 Å². The van der Waals surface area contributed by atoms with Gasteiger partial charge in [-0.05, 0) is 12.1 Å². The van der Waals surface area contributed by atoms with Gasteiger partial charge in [0, 0.05) is 41.1 Å². The molecule has 0 saturated heterocycles. The summed E-state index contributed by atoms with van der Waals surface area (Å²) in [7, 11) is -4.19. The van der Waals surface area contributed by atoms with Crippen LogP contribution in [-0.2, 0) is 0 Å². The average molecular weight is 328 g/mol. The van der Waals surface area contributed by atoms with Gasteiger partial charge >= 0.3 is 28.9 Å². The predicted octanol–water partition coefficient (Wildman–Crippen LogP) is -0.373. The van der Waals surface area contributed by atoms with E-state index in [0.29, 0.717) is 0 Å². The van der Waals surface area contributed by atoms with Gasteiger partial charge in [-0.2, -0.15) is 4.40 Å². The van der Waals surface area contributed by atoms with Crippen molar-refractivity contribution in [2.45, 2.75) is 0 Å². The normalized spacial score (nSPS) is 11.8. The molecule has 0 aliphatic rings. The molecule has 0 aliphatic carbocycles. The van der Waals surface area contributed by atoms with Gasteiger partial charge in [-0.25, -0.2) is 0 Å². The third-order valence-corrected chi connectivity index (χ3v) is 2.79. The number of nitrogens with zero attached hydrogens (tertiary/aromatic N) is 2. The number of nitro groups is 1. The third-order valence-electron chi connectivity index (χ3n) is 2.79. The molecule has 3 rings (SSSR count). The maximum absolute atomic E-state index is 10.7. The number of nitro benzene ring substituents is 1. The number of hydrogen-bond donors (Lipinski definition) is 3. The molecule has 0 saturated carbocycles. The van der Waals surface area contributed by atoms with Crippen molar-refractivity contribution in [1.82, 2.24) is 0 Å². The Morgan fingerprint density at radius 3 is 2.36 bits per heavy atom. The van der Waals surface area contributed by atoms with E-state index in [1.165, 1.54) is 6.07 Å². The predicted molar refractivity (Wildman–Crippen MR) is 70.4 cm³/mol. The summed E-state index contributed by atoms with van der Waals surface area (Å²) in [5, 5.41) is 12.6. The van der Waals surface area contributed by atoms with Crippen LogP contribution in [0.25, 0.3) is 16.3 Å². The van der Waals surface area contributed by atoms with Gasteiger partial charge in [-0.3, -0.25) is 10.1 Å². The van der Waals surface area contributed by atoms with Crippen molar-refractivity contribution in [3.8, 4) is 0 Å². The van der Waals surface area contributed by atoms with Gasteiger partial charge in [-0.1, -0.05) is 0 Å². The van der Waals surface area contributed by atoms with Crippen LogP contribution in [-0.4, -0.2) is 18.9 Å². The summed E-state index contributed by atoms with van der Waals surface area (Å²) in [6.07, 6.45) is 3.92. The second-order valence-corrected chi connectivity index (χ2v) is 5.18. The van der Waals surface area contributed by atoms with Crippen molar-refractivity contribution in [1.29, 1.82) is 0 Å². The van der Waals surface area contributed by atoms with Gasteiger partial charge in [0.05, 0.1) is 4.92 Å². The van der Waals surface area contributed by atoms with Gasteiger partial charge < -0.3 is 0 Å². The molecule has 3 aromatic rings. The molecule has 0 unspecified atom stereocenters. The molecule has 2 heterocycles. The van der Waals surface area contributed by atoms with E-state index < -0.39 is 10.2 Å². The summed E-state index contributed by atoms with van der Waals surface area (Å²) in [6, 6.07) is 12.7. The average Bonchev–Trinajstić information content (AvgIpc) is 2.42. The number of non-ortho nitro benzene ring substituents is 1. The molecule has 0 radical (unpaired) electrons. The zero-order chi connectivity index (χ0) is 16.3. The molecule has 0 amide bonds. The van der Waals surface area contributed by atoms with Crippen LogP contribution in [0.15, 0.2) is 54.9 Å². The van der Waals surface area contributed by atoms with Gasteiger partial charge in [0.15, 0.2) is 12.4 Å². The first-order chi connectivity index (χ1) is 10.2. The molecule has 3 N–H and O–H groups in total. The molecule has 0 spiro atoms. The summed E-state index contributed by atoms with van der Waals surface area (Å²) in [4.78, 5) is 10.3. The maximum atomic E-state index is 10.7. The van der Waals surface area contributed by atoms with Crippen molar-refractivity contribution >= 4 is 22.0 Å². The molecule has 1 aromatic carbocycles. The van der Waals surface area contributed by atoms with Gasteiger partial charge in [0.1, 0.15) is 0 Å². The molecule has 8 nitrogen and oxygen atoms in total. The van der Waals surface area contributed by atoms with Crippen LogP contribution in [0.1, 0.15) is 0 Å². The van der Waals surface area contributed by atoms with Crippen LogP contribution in [0.2, 0.25) is 0 Å². The molecular formula is C13H12ClN2O6+. The molecule has 2 aromatic heterocycles. The van der Waals surface area contributed by atoms with Crippen molar-refractivity contribution in [2.75, 3.05) is 0 Å². The number of halogens is 1. The minimum atomic E-state index is -4.19. The molecule has 0 atom stereocenters. The van der Waals surface area contributed by atoms with Gasteiger partial charge in [0.25, 0.3) is 5.69 Å². The molecule has 0 bridgehead atoms. The monoisotopic (exact) mass is 327 g/mol. The summed E-state index contributed by atoms with van der Waals surface area (Å²) in [6.45, 7) is 0. The standard InChI is InChI=1S/C13H9N2O2.ClH3O4/c16-15(17)13-5-4-10-9-14-6-2-1-3-12(14)7-11(10)8-13;2-1(3,4)5/h1-9H;2-4H/q+1;. The number of pyridine rings is 2. The SMILES string of the molecule is O=[N+]([O-])c1ccc2c[n+]3ccccc3cc2c1.[O-][Cl+](O)(O)O. The Balaban J connectivity index is 0.000000309. The van der Waals surface area contributed by atoms with E-state index in [2.05, 4.69) is 0 Å². The van der Waals surface area contributed by atoms with Crippen LogP contribution in [0, 0.1) is 20.4 Å². The van der Waals surface area contributed by atoms with E-state index in [9.17, 15) is 10.1 Å². The van der Waals surface area contributed by atoms with Gasteiger partial charge in [0.2, 0.25) is 5.52 Å². The quantitative estimate of drug-likeness (QED) is 0.242. The van der Waals surface area contributed by atoms with Crippen molar-refractivity contribution in [3.05, 3.63) is 65.0 Å². The molecule has 9 heteroatoms. The Kier molecular flexibility index (Phi) is 4.50. The summed E-state index contributed by atoms with van der Waals surface area (Å²) < 4.78 is 32.2. The Morgan fingerprint density at radius 2 is 1.73 bits per heavy atom. The van der Waals surface area contributed by atoms with E-state index in [-0.39, 0.29) is 10.6 Å². The van der Waals surface area contributed by atoms with Crippen molar-refractivity contribution in [2.24, 2.45) is 0 Å². The summed E-state index contributed by atoms with van der Waals surface area (Å²) in [5.41, 5.74) is 1.14. The summed E-state index contributed by atoms with van der Waals surface area (Å²) in [5.74, 6) is 0. The molecule has 22 heavy (non-hydrogen) atoms. The fraction of sp³-hybridized carbons (Fsp3) is 0. The first-order valence-electron chi connectivity index (χ1n) is 5.88. The number of rotatable bonds is 1. The van der Waals surface area contributed by atoms with Crippen LogP contribution >= 0.6 is 0 Å². The zero-order valence-corrected chi connectivity index (χ0v) is 11.8. The Bertz CT molecular complexity index is 827. The van der Waals surface area contributed by atoms with E-state index in [1.807, 2.05) is 41.1 Å². The van der Waals surface area contributed by atoms with Crippen molar-refractivity contribution < 1.29 is 38.2 Å². The minimum absolute atomic E-state index is 0.123. The number of aromatic nitrogens is 1. The Labute approximate surface area is 126 Å². The number of benzene rings is 1. The van der Waals surface area contributed by atoms with Gasteiger partial charge in [-0.15, -0.1) is 0 Å². The van der Waals surface area contributed by atoms with Crippen LogP contribution in [0.5, 0.6) is 0 Å². The number of hydrogen-bond acceptors (Lipinski definition) is 6. The topological polar surface area (TPSA) is 131 Å². The van der Waals surface area contributed by atoms with E-state index in [1.54, 1.807) is 12.1 Å². The second kappa shape index (κ2) is 6.18. The zero-order valence-electron chi connectivity index (χ0n) is 11.0. The number of fused-ring (bicyclic) bond motifs is 2. The second-order valence-electron chi connectivity index (χ2n) is 4.31. The first kappa shape index (κ1) is 16.0. The van der Waals surface area contributed by atoms with Crippen LogP contribution in [0.4, 0.5) is 5.69 Å². The summed E-state index contributed by atoms with van der Waals surface area (Å²) >= 11 is 0. The Hall–Kier alpha value is -2.36. The van der Waals surface area contributed by atoms with E-state index >= 15 is 0 Å². The molecular weight excluding hydrogens is 316 g/mol. The van der Waals surface area contributed by atoms with E-state index in [0.717, 1.165) is 16.3 Å². The van der Waals surface area contributed by atoms with Crippen LogP contribution < -0.4 is 9.06 Å². The molecule has 116 valence electrons. The molecule has 0 aliphatic heterocycles. The van der Waals surface area contributed by atoms with Crippen molar-refractivity contribution in [3.63, 3.8) is 0 Å². The molecule has 0 fully saturated rings. The first-order valence-corrected chi connectivity index (χ1v) is 7.21. The van der Waals surface area contributed by atoms with Crippen LogP contribution in [0.3, 0.4) is 0 Å². The third kappa shape index (κ3) is 4.32. The fourth-order valence-corrected chi connectivity index (χ4v) is 1.94.